The molecule has 2 fully saturated rings. The highest BCUT2D eigenvalue weighted by Crippen LogP contribution is 2.22. The van der Waals surface area contributed by atoms with Gasteiger partial charge in [0.25, 0.3) is 0 Å². The third-order valence-corrected chi connectivity index (χ3v) is 5.68. The van der Waals surface area contributed by atoms with Crippen LogP contribution < -0.4 is 15.4 Å². The van der Waals surface area contributed by atoms with Gasteiger partial charge in [0.15, 0.2) is 5.96 Å². The highest BCUT2D eigenvalue weighted by molar-refractivity contribution is 14.0. The molecule has 2 atom stereocenters. The first-order chi connectivity index (χ1) is 15.0. The summed E-state index contributed by atoms with van der Waals surface area (Å²) in [7, 11) is 1.80. The Labute approximate surface area is 210 Å². The van der Waals surface area contributed by atoms with Crippen LogP contribution in [0.2, 0.25) is 0 Å². The van der Waals surface area contributed by atoms with Crippen LogP contribution in [0.1, 0.15) is 37.8 Å². The maximum absolute atomic E-state index is 6.12. The molecule has 182 valence electrons. The fourth-order valence-corrected chi connectivity index (χ4v) is 4.10. The van der Waals surface area contributed by atoms with Gasteiger partial charge in [0.2, 0.25) is 0 Å². The van der Waals surface area contributed by atoms with Crippen LogP contribution in [-0.4, -0.2) is 76.1 Å². The van der Waals surface area contributed by atoms with Crippen molar-refractivity contribution in [3.8, 4) is 5.75 Å². The van der Waals surface area contributed by atoms with Crippen molar-refractivity contribution >= 4 is 29.9 Å². The second kappa shape index (κ2) is 14.2. The Hall–Kier alpha value is -1.10. The Kier molecular flexibility index (Phi) is 12.1. The van der Waals surface area contributed by atoms with Gasteiger partial charge in [0, 0.05) is 51.9 Å². The summed E-state index contributed by atoms with van der Waals surface area (Å²) >= 11 is 0. The molecule has 2 N–H and O–H groups in total. The smallest absolute Gasteiger partial charge is 0.191 e. The minimum absolute atomic E-state index is 0. The van der Waals surface area contributed by atoms with Crippen LogP contribution in [-0.2, 0) is 16.0 Å². The molecule has 0 spiro atoms. The van der Waals surface area contributed by atoms with Crippen LogP contribution in [0.4, 0.5) is 0 Å². The molecule has 8 heteroatoms. The first kappa shape index (κ1) is 27.1. The van der Waals surface area contributed by atoms with E-state index in [1.54, 1.807) is 7.05 Å². The van der Waals surface area contributed by atoms with Crippen molar-refractivity contribution < 1.29 is 14.2 Å². The number of benzene rings is 1. The van der Waals surface area contributed by atoms with Gasteiger partial charge in [-0.25, -0.2) is 0 Å². The SMILES string of the molecule is CN=C(NCc1ccc(C)cc1OCC1CCCO1)NCC1CN(CC(C)C)CCO1.I. The van der Waals surface area contributed by atoms with E-state index < -0.39 is 0 Å². The molecule has 2 heterocycles. The number of halogens is 1. The molecule has 0 aliphatic carbocycles. The average Bonchev–Trinajstić information content (AvgIpc) is 3.27. The number of ether oxygens (including phenoxy) is 3. The topological polar surface area (TPSA) is 67.4 Å². The number of aliphatic imine (C=N–C) groups is 1. The van der Waals surface area contributed by atoms with Gasteiger partial charge in [-0.3, -0.25) is 9.89 Å². The monoisotopic (exact) mass is 560 g/mol. The van der Waals surface area contributed by atoms with E-state index in [1.807, 2.05) is 0 Å². The van der Waals surface area contributed by atoms with Gasteiger partial charge >= 0.3 is 0 Å². The number of aryl methyl sites for hydroxylation is 1. The van der Waals surface area contributed by atoms with E-state index in [0.717, 1.165) is 69.5 Å². The Bertz CT molecular complexity index is 710. The van der Waals surface area contributed by atoms with Crippen molar-refractivity contribution in [1.29, 1.82) is 0 Å². The van der Waals surface area contributed by atoms with E-state index in [1.165, 1.54) is 5.56 Å². The Morgan fingerprint density at radius 1 is 1.22 bits per heavy atom. The van der Waals surface area contributed by atoms with Crippen LogP contribution >= 0.6 is 24.0 Å². The molecule has 0 saturated carbocycles. The normalized spacial score (nSPS) is 22.0. The Morgan fingerprint density at radius 3 is 2.75 bits per heavy atom. The maximum atomic E-state index is 6.12. The maximum Gasteiger partial charge on any atom is 0.191 e. The highest BCUT2D eigenvalue weighted by Gasteiger charge is 2.21. The Balaban J connectivity index is 0.00000363. The van der Waals surface area contributed by atoms with E-state index in [2.05, 4.69) is 59.5 Å². The summed E-state index contributed by atoms with van der Waals surface area (Å²) in [5, 5.41) is 6.83. The molecule has 0 bridgehead atoms. The number of morpholine rings is 1. The third-order valence-electron chi connectivity index (χ3n) is 5.68. The minimum atomic E-state index is 0. The third kappa shape index (κ3) is 9.03. The molecular formula is C24H41IN4O3. The van der Waals surface area contributed by atoms with Crippen molar-refractivity contribution in [2.24, 2.45) is 10.9 Å². The molecular weight excluding hydrogens is 519 g/mol. The van der Waals surface area contributed by atoms with Gasteiger partial charge in [-0.05, 0) is 37.3 Å². The molecule has 0 aromatic heterocycles. The summed E-state index contributed by atoms with van der Waals surface area (Å²) in [5.74, 6) is 2.36. The first-order valence-electron chi connectivity index (χ1n) is 11.7. The van der Waals surface area contributed by atoms with Crippen LogP contribution in [0.5, 0.6) is 5.75 Å². The summed E-state index contributed by atoms with van der Waals surface area (Å²) in [4.78, 5) is 6.86. The zero-order chi connectivity index (χ0) is 22.1. The van der Waals surface area contributed by atoms with Crippen molar-refractivity contribution in [2.75, 3.05) is 53.0 Å². The molecule has 1 aromatic carbocycles. The van der Waals surface area contributed by atoms with Gasteiger partial charge in [0.1, 0.15) is 12.4 Å². The zero-order valence-corrected chi connectivity index (χ0v) is 22.4. The number of guanidine groups is 1. The number of nitrogens with zero attached hydrogens (tertiary/aromatic N) is 2. The van der Waals surface area contributed by atoms with Crippen molar-refractivity contribution in [3.63, 3.8) is 0 Å². The van der Waals surface area contributed by atoms with Gasteiger partial charge in [0.05, 0.1) is 18.8 Å². The van der Waals surface area contributed by atoms with E-state index >= 15 is 0 Å². The van der Waals surface area contributed by atoms with Gasteiger partial charge in [-0.15, -0.1) is 24.0 Å². The highest BCUT2D eigenvalue weighted by atomic mass is 127. The average molecular weight is 561 g/mol. The minimum Gasteiger partial charge on any atom is -0.491 e. The summed E-state index contributed by atoms with van der Waals surface area (Å²) in [6.07, 6.45) is 2.59. The molecule has 3 rings (SSSR count). The molecule has 1 aromatic rings. The largest absolute Gasteiger partial charge is 0.491 e. The molecule has 0 amide bonds. The lowest BCUT2D eigenvalue weighted by atomic mass is 10.1. The van der Waals surface area contributed by atoms with E-state index in [9.17, 15) is 0 Å². The lowest BCUT2D eigenvalue weighted by molar-refractivity contribution is -0.0284. The number of hydrogen-bond donors (Lipinski definition) is 2. The fraction of sp³-hybridized carbons (Fsp3) is 0.708. The second-order valence-electron chi connectivity index (χ2n) is 9.01. The lowest BCUT2D eigenvalue weighted by Crippen LogP contribution is -2.50. The molecule has 7 nitrogen and oxygen atoms in total. The number of rotatable bonds is 9. The van der Waals surface area contributed by atoms with Crippen LogP contribution in [0.3, 0.4) is 0 Å². The summed E-state index contributed by atoms with van der Waals surface area (Å²) < 4.78 is 17.8. The Morgan fingerprint density at radius 2 is 2.03 bits per heavy atom. The molecule has 0 radical (unpaired) electrons. The molecule has 2 aliphatic heterocycles. The van der Waals surface area contributed by atoms with E-state index in [-0.39, 0.29) is 36.2 Å². The van der Waals surface area contributed by atoms with Crippen molar-refractivity contribution in [2.45, 2.75) is 52.4 Å². The fourth-order valence-electron chi connectivity index (χ4n) is 4.10. The van der Waals surface area contributed by atoms with Gasteiger partial charge < -0.3 is 24.8 Å². The summed E-state index contributed by atoms with van der Waals surface area (Å²) in [6, 6.07) is 6.33. The molecule has 2 aliphatic rings. The lowest BCUT2D eigenvalue weighted by Gasteiger charge is -2.34. The summed E-state index contributed by atoms with van der Waals surface area (Å²) in [6.45, 7) is 13.3. The van der Waals surface area contributed by atoms with E-state index in [0.29, 0.717) is 19.1 Å². The number of hydrogen-bond acceptors (Lipinski definition) is 5. The predicted octanol–water partition coefficient (Wildman–Crippen LogP) is 3.19. The number of nitrogens with one attached hydrogen (secondary N) is 2. The first-order valence-corrected chi connectivity index (χ1v) is 11.7. The van der Waals surface area contributed by atoms with Crippen molar-refractivity contribution in [1.82, 2.24) is 15.5 Å². The molecule has 2 unspecified atom stereocenters. The van der Waals surface area contributed by atoms with Crippen molar-refractivity contribution in [3.05, 3.63) is 29.3 Å². The second-order valence-corrected chi connectivity index (χ2v) is 9.01. The standard InChI is InChI=1S/C24H40N4O3.HI/c1-18(2)15-28-9-11-30-22(16-28)14-27-24(25-4)26-13-20-8-7-19(3)12-23(20)31-17-21-6-5-10-29-21;/h7-8,12,18,21-22H,5-6,9-11,13-17H2,1-4H3,(H2,25,26,27);1H. The molecule has 2 saturated heterocycles. The molecule has 32 heavy (non-hydrogen) atoms. The van der Waals surface area contributed by atoms with Crippen LogP contribution in [0, 0.1) is 12.8 Å². The van der Waals surface area contributed by atoms with Gasteiger partial charge in [-0.1, -0.05) is 26.0 Å². The van der Waals surface area contributed by atoms with Gasteiger partial charge in [-0.2, -0.15) is 0 Å². The van der Waals surface area contributed by atoms with Crippen LogP contribution in [0.25, 0.3) is 0 Å². The van der Waals surface area contributed by atoms with Crippen LogP contribution in [0.15, 0.2) is 23.2 Å². The summed E-state index contributed by atoms with van der Waals surface area (Å²) in [5.41, 5.74) is 2.30. The zero-order valence-electron chi connectivity index (χ0n) is 20.1. The quantitative estimate of drug-likeness (QED) is 0.275. The van der Waals surface area contributed by atoms with E-state index in [4.69, 9.17) is 14.2 Å². The predicted molar refractivity (Wildman–Crippen MR) is 140 cm³/mol.